The first-order valence-electron chi connectivity index (χ1n) is 7.29. The Morgan fingerprint density at radius 3 is 2.60 bits per heavy atom. The molecule has 20 heavy (non-hydrogen) atoms. The predicted octanol–water partition coefficient (Wildman–Crippen LogP) is 4.57. The second-order valence-electron chi connectivity index (χ2n) is 5.41. The topological polar surface area (TPSA) is 32.3 Å². The number of hydrogen-bond donors (Lipinski definition) is 1. The van der Waals surface area contributed by atoms with Gasteiger partial charge in [-0.2, -0.15) is 0 Å². The molecule has 1 N–H and O–H groups in total. The first-order chi connectivity index (χ1) is 9.45. The Bertz CT molecular complexity index is 446. The van der Waals surface area contributed by atoms with Gasteiger partial charge in [0.05, 0.1) is 5.69 Å². The van der Waals surface area contributed by atoms with Gasteiger partial charge < -0.3 is 10.2 Å². The first-order valence-corrected chi connectivity index (χ1v) is 7.29. The predicted molar refractivity (Wildman–Crippen MR) is 81.5 cm³/mol. The van der Waals surface area contributed by atoms with Gasteiger partial charge in [0.2, 0.25) is 0 Å². The second-order valence-corrected chi connectivity index (χ2v) is 5.41. The molecule has 1 aromatic rings. The van der Waals surface area contributed by atoms with Crippen molar-refractivity contribution >= 4 is 11.7 Å². The van der Waals surface area contributed by atoms with Crippen LogP contribution < -0.4 is 5.32 Å². The van der Waals surface area contributed by atoms with Crippen molar-refractivity contribution in [1.29, 1.82) is 0 Å². The average Bonchev–Trinajstić information content (AvgIpc) is 2.37. The van der Waals surface area contributed by atoms with Gasteiger partial charge in [-0.15, -0.1) is 0 Å². The molecule has 0 unspecified atom stereocenters. The number of anilines is 1. The summed E-state index contributed by atoms with van der Waals surface area (Å²) in [5.41, 5.74) is 1.07. The van der Waals surface area contributed by atoms with Crippen molar-refractivity contribution < 1.29 is 9.18 Å². The van der Waals surface area contributed by atoms with Crippen molar-refractivity contribution in [3.05, 3.63) is 29.6 Å². The van der Waals surface area contributed by atoms with Crippen molar-refractivity contribution in [2.45, 2.75) is 53.0 Å². The first kappa shape index (κ1) is 16.5. The van der Waals surface area contributed by atoms with Crippen molar-refractivity contribution in [2.24, 2.45) is 0 Å². The average molecular weight is 280 g/mol. The maximum absolute atomic E-state index is 13.7. The van der Waals surface area contributed by atoms with Gasteiger partial charge in [0.1, 0.15) is 5.82 Å². The fourth-order valence-electron chi connectivity index (χ4n) is 2.03. The highest BCUT2D eigenvalue weighted by molar-refractivity contribution is 5.89. The lowest BCUT2D eigenvalue weighted by molar-refractivity contribution is 0.195. The van der Waals surface area contributed by atoms with Crippen LogP contribution in [0, 0.1) is 12.7 Å². The molecule has 0 aliphatic heterocycles. The molecule has 1 aromatic carbocycles. The number of nitrogens with zero attached hydrogens (tertiary/aromatic N) is 1. The maximum atomic E-state index is 13.7. The number of carbonyl (C=O) groups excluding carboxylic acids is 1. The van der Waals surface area contributed by atoms with Gasteiger partial charge in [-0.05, 0) is 44.9 Å². The molecule has 0 saturated heterocycles. The molecule has 0 aromatic heterocycles. The Morgan fingerprint density at radius 1 is 1.35 bits per heavy atom. The Labute approximate surface area is 121 Å². The van der Waals surface area contributed by atoms with Crippen LogP contribution in [0.15, 0.2) is 18.2 Å². The molecular formula is C16H25FN2O. The standard InChI is InChI=1S/C16H25FN2O/c1-5-6-7-10-19(12(2)3)16(20)18-15-9-8-13(4)11-14(15)17/h8-9,11-12H,5-7,10H2,1-4H3,(H,18,20). The molecule has 0 fully saturated rings. The molecule has 3 nitrogen and oxygen atoms in total. The monoisotopic (exact) mass is 280 g/mol. The van der Waals surface area contributed by atoms with Gasteiger partial charge in [-0.3, -0.25) is 0 Å². The quantitative estimate of drug-likeness (QED) is 0.761. The maximum Gasteiger partial charge on any atom is 0.322 e. The number of benzene rings is 1. The summed E-state index contributed by atoms with van der Waals surface area (Å²) in [6.45, 7) is 8.58. The summed E-state index contributed by atoms with van der Waals surface area (Å²) in [4.78, 5) is 14.0. The van der Waals surface area contributed by atoms with E-state index in [1.807, 2.05) is 20.8 Å². The van der Waals surface area contributed by atoms with E-state index in [0.29, 0.717) is 6.54 Å². The smallest absolute Gasteiger partial charge is 0.322 e. The third kappa shape index (κ3) is 4.83. The number of carbonyl (C=O) groups is 1. The van der Waals surface area contributed by atoms with E-state index in [1.54, 1.807) is 17.0 Å². The molecule has 1 rings (SSSR count). The summed E-state index contributed by atoms with van der Waals surface area (Å²) >= 11 is 0. The fourth-order valence-corrected chi connectivity index (χ4v) is 2.03. The Morgan fingerprint density at radius 2 is 2.05 bits per heavy atom. The molecule has 0 aliphatic carbocycles. The zero-order valence-corrected chi connectivity index (χ0v) is 12.9. The van der Waals surface area contributed by atoms with Crippen molar-refractivity contribution in [1.82, 2.24) is 4.90 Å². The van der Waals surface area contributed by atoms with E-state index in [2.05, 4.69) is 12.2 Å². The molecule has 0 heterocycles. The molecule has 112 valence electrons. The van der Waals surface area contributed by atoms with Crippen LogP contribution in [0.25, 0.3) is 0 Å². The van der Waals surface area contributed by atoms with E-state index in [4.69, 9.17) is 0 Å². The molecule has 0 aliphatic rings. The summed E-state index contributed by atoms with van der Waals surface area (Å²) in [6, 6.07) is 4.67. The van der Waals surface area contributed by atoms with Crippen LogP contribution in [0.4, 0.5) is 14.9 Å². The lowest BCUT2D eigenvalue weighted by atomic mass is 10.2. The zero-order valence-electron chi connectivity index (χ0n) is 12.9. The van der Waals surface area contributed by atoms with E-state index in [0.717, 1.165) is 24.8 Å². The molecular weight excluding hydrogens is 255 g/mol. The molecule has 0 radical (unpaired) electrons. The number of halogens is 1. The van der Waals surface area contributed by atoms with E-state index in [9.17, 15) is 9.18 Å². The van der Waals surface area contributed by atoms with Gasteiger partial charge in [0.15, 0.2) is 0 Å². The number of unbranched alkanes of at least 4 members (excludes halogenated alkanes) is 2. The minimum absolute atomic E-state index is 0.0976. The zero-order chi connectivity index (χ0) is 15.1. The molecule has 0 saturated carbocycles. The Kier molecular flexibility index (Phi) is 6.49. The normalized spacial score (nSPS) is 10.7. The minimum atomic E-state index is -0.393. The lowest BCUT2D eigenvalue weighted by Gasteiger charge is -2.27. The van der Waals surface area contributed by atoms with Crippen LogP contribution in [0.5, 0.6) is 0 Å². The van der Waals surface area contributed by atoms with Crippen LogP contribution in [0.3, 0.4) is 0 Å². The lowest BCUT2D eigenvalue weighted by Crippen LogP contribution is -2.40. The van der Waals surface area contributed by atoms with Gasteiger partial charge in [0.25, 0.3) is 0 Å². The molecule has 0 atom stereocenters. The highest BCUT2D eigenvalue weighted by Gasteiger charge is 2.17. The molecule has 2 amide bonds. The summed E-state index contributed by atoms with van der Waals surface area (Å²) in [5.74, 6) is -0.393. The number of aryl methyl sites for hydroxylation is 1. The Hall–Kier alpha value is -1.58. The van der Waals surface area contributed by atoms with Gasteiger partial charge in [-0.25, -0.2) is 9.18 Å². The third-order valence-electron chi connectivity index (χ3n) is 3.25. The second kappa shape index (κ2) is 7.88. The number of urea groups is 1. The number of rotatable bonds is 6. The van der Waals surface area contributed by atoms with E-state index >= 15 is 0 Å². The molecule has 0 spiro atoms. The number of amides is 2. The fraction of sp³-hybridized carbons (Fsp3) is 0.562. The number of hydrogen-bond acceptors (Lipinski definition) is 1. The highest BCUT2D eigenvalue weighted by Crippen LogP contribution is 2.16. The van der Waals surface area contributed by atoms with Crippen LogP contribution >= 0.6 is 0 Å². The Balaban J connectivity index is 2.70. The van der Waals surface area contributed by atoms with Crippen molar-refractivity contribution in [2.75, 3.05) is 11.9 Å². The molecule has 4 heteroatoms. The van der Waals surface area contributed by atoms with Crippen molar-refractivity contribution in [3.63, 3.8) is 0 Å². The van der Waals surface area contributed by atoms with E-state index in [1.165, 1.54) is 6.07 Å². The van der Waals surface area contributed by atoms with E-state index < -0.39 is 5.82 Å². The minimum Gasteiger partial charge on any atom is -0.322 e. The summed E-state index contributed by atoms with van der Waals surface area (Å²) in [5, 5.41) is 2.66. The van der Waals surface area contributed by atoms with Crippen LogP contribution in [0.1, 0.15) is 45.6 Å². The summed E-state index contributed by atoms with van der Waals surface area (Å²) in [6.07, 6.45) is 3.17. The van der Waals surface area contributed by atoms with Crippen molar-refractivity contribution in [3.8, 4) is 0 Å². The molecule has 0 bridgehead atoms. The van der Waals surface area contributed by atoms with Crippen LogP contribution in [0.2, 0.25) is 0 Å². The SMILES string of the molecule is CCCCCN(C(=O)Nc1ccc(C)cc1F)C(C)C. The van der Waals surface area contributed by atoms with Crippen LogP contribution in [-0.2, 0) is 0 Å². The third-order valence-corrected chi connectivity index (χ3v) is 3.25. The van der Waals surface area contributed by atoms with Gasteiger partial charge in [0, 0.05) is 12.6 Å². The van der Waals surface area contributed by atoms with E-state index in [-0.39, 0.29) is 17.8 Å². The highest BCUT2D eigenvalue weighted by atomic mass is 19.1. The largest absolute Gasteiger partial charge is 0.322 e. The summed E-state index contributed by atoms with van der Waals surface area (Å²) in [7, 11) is 0. The summed E-state index contributed by atoms with van der Waals surface area (Å²) < 4.78 is 13.7. The van der Waals surface area contributed by atoms with Crippen LogP contribution in [-0.4, -0.2) is 23.5 Å². The van der Waals surface area contributed by atoms with Gasteiger partial charge >= 0.3 is 6.03 Å². The number of nitrogens with one attached hydrogen (secondary N) is 1. The van der Waals surface area contributed by atoms with Gasteiger partial charge in [-0.1, -0.05) is 25.8 Å².